The molecule has 1 aromatic rings. The highest BCUT2D eigenvalue weighted by Crippen LogP contribution is 2.23. The molecule has 0 spiro atoms. The summed E-state index contributed by atoms with van der Waals surface area (Å²) < 4.78 is 0. The molecular formula is C17H24N2O3. The number of hydrogen-bond donors (Lipinski definition) is 2. The highest BCUT2D eigenvalue weighted by atomic mass is 16.3. The summed E-state index contributed by atoms with van der Waals surface area (Å²) >= 11 is 0. The number of rotatable bonds is 2. The van der Waals surface area contributed by atoms with Crippen LogP contribution in [0.15, 0.2) is 24.3 Å². The van der Waals surface area contributed by atoms with Gasteiger partial charge in [-0.25, -0.2) is 0 Å². The van der Waals surface area contributed by atoms with Crippen molar-refractivity contribution in [2.24, 2.45) is 0 Å². The standard InChI is InChI=1S/C17H24N2O3/c1-17(2,3)12-6-8-13(9-7-12)18-15(21)16(22)19-10-4-5-14(19)11-20/h6-9,14,20H,4-5,10-11H2,1-3H3,(H,18,21)/t14-/m0/s1. The van der Waals surface area contributed by atoms with Gasteiger partial charge >= 0.3 is 11.8 Å². The molecule has 0 aliphatic carbocycles. The SMILES string of the molecule is CC(C)(C)c1ccc(NC(=O)C(=O)N2CCC[C@H]2CO)cc1. The van der Waals surface area contributed by atoms with Crippen LogP contribution in [0, 0.1) is 0 Å². The molecule has 5 nitrogen and oxygen atoms in total. The van der Waals surface area contributed by atoms with Crippen LogP contribution in [-0.4, -0.2) is 41.0 Å². The molecular weight excluding hydrogens is 280 g/mol. The van der Waals surface area contributed by atoms with Gasteiger partial charge in [0.25, 0.3) is 0 Å². The first-order valence-electron chi connectivity index (χ1n) is 7.66. The second-order valence-electron chi connectivity index (χ2n) is 6.76. The summed E-state index contributed by atoms with van der Waals surface area (Å²) in [6, 6.07) is 7.28. The van der Waals surface area contributed by atoms with Crippen molar-refractivity contribution in [1.82, 2.24) is 4.90 Å². The van der Waals surface area contributed by atoms with Crippen molar-refractivity contribution in [3.8, 4) is 0 Å². The largest absolute Gasteiger partial charge is 0.394 e. The summed E-state index contributed by atoms with van der Waals surface area (Å²) in [6.07, 6.45) is 1.57. The third-order valence-electron chi connectivity index (χ3n) is 4.05. The van der Waals surface area contributed by atoms with Crippen molar-refractivity contribution < 1.29 is 14.7 Å². The molecule has 1 atom stereocenters. The van der Waals surface area contributed by atoms with Crippen molar-refractivity contribution in [2.45, 2.75) is 45.1 Å². The molecule has 2 N–H and O–H groups in total. The molecule has 2 rings (SSSR count). The average Bonchev–Trinajstić information content (AvgIpc) is 2.94. The number of benzene rings is 1. The van der Waals surface area contributed by atoms with E-state index in [0.29, 0.717) is 12.2 Å². The Morgan fingerprint density at radius 1 is 1.27 bits per heavy atom. The molecule has 5 heteroatoms. The van der Waals surface area contributed by atoms with Crippen LogP contribution in [0.4, 0.5) is 5.69 Å². The molecule has 120 valence electrons. The van der Waals surface area contributed by atoms with Gasteiger partial charge in [-0.05, 0) is 36.0 Å². The minimum absolute atomic E-state index is 0.0439. The van der Waals surface area contributed by atoms with Crippen LogP contribution in [0.25, 0.3) is 0 Å². The van der Waals surface area contributed by atoms with Crippen LogP contribution >= 0.6 is 0 Å². The predicted molar refractivity (Wildman–Crippen MR) is 85.6 cm³/mol. The van der Waals surface area contributed by atoms with E-state index in [1.165, 1.54) is 4.90 Å². The Bertz CT molecular complexity index is 546. The van der Waals surface area contributed by atoms with Crippen LogP contribution in [0.3, 0.4) is 0 Å². The zero-order chi connectivity index (χ0) is 16.3. The Morgan fingerprint density at radius 3 is 2.45 bits per heavy atom. The summed E-state index contributed by atoms with van der Waals surface area (Å²) in [7, 11) is 0. The summed E-state index contributed by atoms with van der Waals surface area (Å²) in [5, 5.41) is 11.9. The van der Waals surface area contributed by atoms with E-state index in [4.69, 9.17) is 0 Å². The summed E-state index contributed by atoms with van der Waals surface area (Å²) in [5.41, 5.74) is 1.81. The maximum Gasteiger partial charge on any atom is 0.313 e. The van der Waals surface area contributed by atoms with Gasteiger partial charge in [-0.1, -0.05) is 32.9 Å². The van der Waals surface area contributed by atoms with Gasteiger partial charge in [0, 0.05) is 12.2 Å². The van der Waals surface area contributed by atoms with E-state index in [9.17, 15) is 14.7 Å². The van der Waals surface area contributed by atoms with Gasteiger partial charge in [0.2, 0.25) is 0 Å². The van der Waals surface area contributed by atoms with E-state index < -0.39 is 11.8 Å². The first-order valence-corrected chi connectivity index (χ1v) is 7.66. The number of aliphatic hydroxyl groups excluding tert-OH is 1. The van der Waals surface area contributed by atoms with E-state index in [-0.39, 0.29) is 18.1 Å². The van der Waals surface area contributed by atoms with E-state index >= 15 is 0 Å². The molecule has 0 bridgehead atoms. The molecule has 0 saturated carbocycles. The number of nitrogens with one attached hydrogen (secondary N) is 1. The first kappa shape index (κ1) is 16.5. The first-order chi connectivity index (χ1) is 10.3. The number of likely N-dealkylation sites (tertiary alicyclic amines) is 1. The van der Waals surface area contributed by atoms with Crippen LogP contribution in [0.5, 0.6) is 0 Å². The maximum atomic E-state index is 12.1. The number of aliphatic hydroxyl groups is 1. The summed E-state index contributed by atoms with van der Waals surface area (Å²) in [4.78, 5) is 25.7. The van der Waals surface area contributed by atoms with Gasteiger partial charge in [0.15, 0.2) is 0 Å². The number of hydrogen-bond acceptors (Lipinski definition) is 3. The van der Waals surface area contributed by atoms with Crippen LogP contribution in [0.1, 0.15) is 39.2 Å². The highest BCUT2D eigenvalue weighted by Gasteiger charge is 2.31. The lowest BCUT2D eigenvalue weighted by Gasteiger charge is -2.22. The number of carbonyl (C=O) groups excluding carboxylic acids is 2. The Hall–Kier alpha value is -1.88. The van der Waals surface area contributed by atoms with Crippen molar-refractivity contribution in [2.75, 3.05) is 18.5 Å². The Balaban J connectivity index is 2.01. The molecule has 1 aliphatic rings. The Labute approximate surface area is 131 Å². The molecule has 2 amide bonds. The lowest BCUT2D eigenvalue weighted by Crippen LogP contribution is -2.43. The molecule has 1 fully saturated rings. The molecule has 0 unspecified atom stereocenters. The van der Waals surface area contributed by atoms with E-state index in [1.54, 1.807) is 12.1 Å². The lowest BCUT2D eigenvalue weighted by molar-refractivity contribution is -0.144. The van der Waals surface area contributed by atoms with Crippen LogP contribution in [-0.2, 0) is 15.0 Å². The predicted octanol–water partition coefficient (Wildman–Crippen LogP) is 1.91. The smallest absolute Gasteiger partial charge is 0.313 e. The molecule has 22 heavy (non-hydrogen) atoms. The van der Waals surface area contributed by atoms with E-state index in [1.807, 2.05) is 12.1 Å². The fourth-order valence-electron chi connectivity index (χ4n) is 2.66. The molecule has 0 radical (unpaired) electrons. The third-order valence-corrected chi connectivity index (χ3v) is 4.05. The Kier molecular flexibility index (Phi) is 4.86. The average molecular weight is 304 g/mol. The minimum atomic E-state index is -0.649. The highest BCUT2D eigenvalue weighted by molar-refractivity contribution is 6.39. The van der Waals surface area contributed by atoms with Crippen molar-refractivity contribution in [3.05, 3.63) is 29.8 Å². The number of nitrogens with zero attached hydrogens (tertiary/aromatic N) is 1. The second-order valence-corrected chi connectivity index (χ2v) is 6.76. The lowest BCUT2D eigenvalue weighted by atomic mass is 9.87. The minimum Gasteiger partial charge on any atom is -0.394 e. The number of carbonyl (C=O) groups is 2. The van der Waals surface area contributed by atoms with Crippen molar-refractivity contribution in [1.29, 1.82) is 0 Å². The van der Waals surface area contributed by atoms with E-state index in [2.05, 4.69) is 26.1 Å². The number of amides is 2. The monoisotopic (exact) mass is 304 g/mol. The summed E-state index contributed by atoms with van der Waals surface area (Å²) in [6.45, 7) is 6.78. The van der Waals surface area contributed by atoms with Crippen LogP contribution < -0.4 is 5.32 Å². The normalized spacial score (nSPS) is 18.4. The second kappa shape index (κ2) is 6.48. The zero-order valence-corrected chi connectivity index (χ0v) is 13.4. The van der Waals surface area contributed by atoms with Gasteiger partial charge in [-0.15, -0.1) is 0 Å². The Morgan fingerprint density at radius 2 is 1.91 bits per heavy atom. The maximum absolute atomic E-state index is 12.1. The van der Waals surface area contributed by atoms with Gasteiger partial charge < -0.3 is 15.3 Å². The van der Waals surface area contributed by atoms with Gasteiger partial charge in [0.05, 0.1) is 12.6 Å². The van der Waals surface area contributed by atoms with Crippen LogP contribution in [0.2, 0.25) is 0 Å². The fourth-order valence-corrected chi connectivity index (χ4v) is 2.66. The topological polar surface area (TPSA) is 69.6 Å². The van der Waals surface area contributed by atoms with Crippen molar-refractivity contribution >= 4 is 17.5 Å². The van der Waals surface area contributed by atoms with Crippen molar-refractivity contribution in [3.63, 3.8) is 0 Å². The third kappa shape index (κ3) is 3.65. The summed E-state index contributed by atoms with van der Waals surface area (Å²) in [5.74, 6) is -1.22. The fraction of sp³-hybridized carbons (Fsp3) is 0.529. The van der Waals surface area contributed by atoms with Gasteiger partial charge in [0.1, 0.15) is 0 Å². The molecule has 1 aliphatic heterocycles. The van der Waals surface area contributed by atoms with Gasteiger partial charge in [-0.2, -0.15) is 0 Å². The van der Waals surface area contributed by atoms with E-state index in [0.717, 1.165) is 18.4 Å². The zero-order valence-electron chi connectivity index (χ0n) is 13.4. The molecule has 1 aromatic carbocycles. The number of anilines is 1. The van der Waals surface area contributed by atoms with Gasteiger partial charge in [-0.3, -0.25) is 9.59 Å². The quantitative estimate of drug-likeness (QED) is 0.820. The molecule has 0 aromatic heterocycles. The molecule has 1 saturated heterocycles. The molecule has 1 heterocycles.